The first-order valence-electron chi connectivity index (χ1n) is 5.42. The number of benzene rings is 1. The summed E-state index contributed by atoms with van der Waals surface area (Å²) in [6.45, 7) is 0. The molecule has 0 unspecified atom stereocenters. The molecule has 0 aliphatic heterocycles. The lowest BCUT2D eigenvalue weighted by molar-refractivity contribution is 1.27. The molecule has 3 rings (SSSR count). The van der Waals surface area contributed by atoms with E-state index >= 15 is 0 Å². The van der Waals surface area contributed by atoms with Crippen LogP contribution in [0.2, 0.25) is 0 Å². The Morgan fingerprint density at radius 3 is 3.00 bits per heavy atom. The predicted molar refractivity (Wildman–Crippen MR) is 67.0 cm³/mol. The quantitative estimate of drug-likeness (QED) is 0.763. The van der Waals surface area contributed by atoms with E-state index in [1.165, 1.54) is 0 Å². The van der Waals surface area contributed by atoms with Crippen molar-refractivity contribution < 1.29 is 0 Å². The monoisotopic (exact) mass is 208 g/mol. The fourth-order valence-electron chi connectivity index (χ4n) is 1.83. The molecule has 0 saturated heterocycles. The molecule has 1 aromatic carbocycles. The van der Waals surface area contributed by atoms with E-state index in [4.69, 9.17) is 0 Å². The third-order valence-electron chi connectivity index (χ3n) is 2.64. The molecule has 0 amide bonds. The van der Waals surface area contributed by atoms with Crippen molar-refractivity contribution in [1.82, 2.24) is 9.97 Å². The van der Waals surface area contributed by atoms with Crippen molar-refractivity contribution in [3.05, 3.63) is 60.5 Å². The molecular formula is C14H12N2. The molecule has 0 spiro atoms. The Bertz CT molecular complexity index is 567. The van der Waals surface area contributed by atoms with Crippen LogP contribution < -0.4 is 0 Å². The van der Waals surface area contributed by atoms with E-state index in [2.05, 4.69) is 40.3 Å². The van der Waals surface area contributed by atoms with Gasteiger partial charge in [0.1, 0.15) is 5.82 Å². The summed E-state index contributed by atoms with van der Waals surface area (Å²) in [4.78, 5) is 7.90. The predicted octanol–water partition coefficient (Wildman–Crippen LogP) is 3.46. The Labute approximate surface area is 94.0 Å². The molecule has 0 saturated carbocycles. The van der Waals surface area contributed by atoms with Gasteiger partial charge in [0, 0.05) is 5.57 Å². The van der Waals surface area contributed by atoms with Gasteiger partial charge in [-0.15, -0.1) is 0 Å². The molecule has 1 N–H and O–H groups in total. The zero-order valence-electron chi connectivity index (χ0n) is 8.85. The van der Waals surface area contributed by atoms with Gasteiger partial charge in [-0.05, 0) is 18.6 Å². The van der Waals surface area contributed by atoms with Crippen LogP contribution in [0.25, 0.3) is 16.6 Å². The lowest BCUT2D eigenvalue weighted by atomic mass is 10.2. The highest BCUT2D eigenvalue weighted by Gasteiger charge is 2.04. The summed E-state index contributed by atoms with van der Waals surface area (Å²) >= 11 is 0. The van der Waals surface area contributed by atoms with Gasteiger partial charge in [0.05, 0.1) is 11.0 Å². The van der Waals surface area contributed by atoms with E-state index in [0.29, 0.717) is 0 Å². The molecule has 1 heterocycles. The van der Waals surface area contributed by atoms with Crippen LogP contribution in [0.5, 0.6) is 0 Å². The van der Waals surface area contributed by atoms with Gasteiger partial charge in [0.15, 0.2) is 0 Å². The Morgan fingerprint density at radius 2 is 2.06 bits per heavy atom. The van der Waals surface area contributed by atoms with Gasteiger partial charge in [-0.2, -0.15) is 0 Å². The topological polar surface area (TPSA) is 28.7 Å². The number of imidazole rings is 1. The van der Waals surface area contributed by atoms with Crippen LogP contribution in [0.1, 0.15) is 12.2 Å². The summed E-state index contributed by atoms with van der Waals surface area (Å²) in [6, 6.07) is 8.08. The molecule has 2 nitrogen and oxygen atoms in total. The van der Waals surface area contributed by atoms with Gasteiger partial charge in [-0.25, -0.2) is 4.98 Å². The lowest BCUT2D eigenvalue weighted by Crippen LogP contribution is -1.82. The molecule has 2 heteroatoms. The van der Waals surface area contributed by atoms with Gasteiger partial charge < -0.3 is 4.98 Å². The Balaban J connectivity index is 2.12. The van der Waals surface area contributed by atoms with Crippen LogP contribution >= 0.6 is 0 Å². The second-order valence-corrected chi connectivity index (χ2v) is 3.79. The third kappa shape index (κ3) is 1.58. The minimum absolute atomic E-state index is 0.934. The minimum atomic E-state index is 0.934. The largest absolute Gasteiger partial charge is 0.338 e. The Hall–Kier alpha value is -2.09. The van der Waals surface area contributed by atoms with E-state index in [-0.39, 0.29) is 0 Å². The van der Waals surface area contributed by atoms with Crippen LogP contribution in [-0.4, -0.2) is 9.97 Å². The molecule has 1 aliphatic rings. The van der Waals surface area contributed by atoms with Crippen molar-refractivity contribution in [3.63, 3.8) is 0 Å². The summed E-state index contributed by atoms with van der Waals surface area (Å²) in [5.74, 6) is 0.934. The van der Waals surface area contributed by atoms with Crippen molar-refractivity contribution in [1.29, 1.82) is 0 Å². The summed E-state index contributed by atoms with van der Waals surface area (Å²) in [5, 5.41) is 0. The number of rotatable bonds is 1. The maximum atomic E-state index is 4.57. The average Bonchev–Trinajstić information content (AvgIpc) is 2.56. The molecule has 0 fully saturated rings. The van der Waals surface area contributed by atoms with Gasteiger partial charge >= 0.3 is 0 Å². The number of para-hydroxylation sites is 2. The van der Waals surface area contributed by atoms with E-state index < -0.39 is 0 Å². The van der Waals surface area contributed by atoms with E-state index in [1.54, 1.807) is 0 Å². The molecule has 2 aromatic rings. The van der Waals surface area contributed by atoms with E-state index in [9.17, 15) is 0 Å². The highest BCUT2D eigenvalue weighted by molar-refractivity contribution is 5.81. The number of nitrogens with one attached hydrogen (secondary N) is 1. The highest BCUT2D eigenvalue weighted by atomic mass is 14.9. The summed E-state index contributed by atoms with van der Waals surface area (Å²) < 4.78 is 0. The number of allylic oxidation sites excluding steroid dienone is 6. The number of H-pyrrole nitrogens is 1. The van der Waals surface area contributed by atoms with Gasteiger partial charge in [-0.3, -0.25) is 0 Å². The highest BCUT2D eigenvalue weighted by Crippen LogP contribution is 2.19. The fraction of sp³-hybridized carbons (Fsp3) is 0.0714. The Morgan fingerprint density at radius 1 is 1.12 bits per heavy atom. The second-order valence-electron chi connectivity index (χ2n) is 3.79. The minimum Gasteiger partial charge on any atom is -0.338 e. The number of nitrogens with zero attached hydrogens (tertiary/aromatic N) is 1. The van der Waals surface area contributed by atoms with E-state index in [0.717, 1.165) is 28.9 Å². The number of aromatic nitrogens is 2. The Kier molecular flexibility index (Phi) is 2.18. The first-order valence-corrected chi connectivity index (χ1v) is 5.42. The van der Waals surface area contributed by atoms with Gasteiger partial charge in [0.2, 0.25) is 0 Å². The third-order valence-corrected chi connectivity index (χ3v) is 2.64. The van der Waals surface area contributed by atoms with Crippen molar-refractivity contribution in [3.8, 4) is 0 Å². The molecule has 78 valence electrons. The lowest BCUT2D eigenvalue weighted by Gasteiger charge is -1.93. The number of hydrogen-bond donors (Lipinski definition) is 1. The van der Waals surface area contributed by atoms with E-state index in [1.807, 2.05) is 24.3 Å². The maximum Gasteiger partial charge on any atom is 0.138 e. The van der Waals surface area contributed by atoms with Crippen molar-refractivity contribution >= 4 is 16.6 Å². The van der Waals surface area contributed by atoms with Crippen molar-refractivity contribution in [2.24, 2.45) is 0 Å². The summed E-state index contributed by atoms with van der Waals surface area (Å²) in [6.07, 6.45) is 11.5. The maximum absolute atomic E-state index is 4.57. The number of hydrogen-bond acceptors (Lipinski definition) is 1. The molecule has 1 aliphatic carbocycles. The average molecular weight is 208 g/mol. The SMILES string of the molecule is C1=CCC=CC(c2nc3ccccc3[nH]2)=C1. The molecule has 0 atom stereocenters. The summed E-state index contributed by atoms with van der Waals surface area (Å²) in [7, 11) is 0. The molecule has 16 heavy (non-hydrogen) atoms. The zero-order chi connectivity index (χ0) is 10.8. The van der Waals surface area contributed by atoms with Gasteiger partial charge in [0.25, 0.3) is 0 Å². The molecule has 0 radical (unpaired) electrons. The van der Waals surface area contributed by atoms with Crippen LogP contribution in [0.4, 0.5) is 0 Å². The van der Waals surface area contributed by atoms with Crippen molar-refractivity contribution in [2.75, 3.05) is 0 Å². The first-order chi connectivity index (χ1) is 7.93. The smallest absolute Gasteiger partial charge is 0.138 e. The zero-order valence-corrected chi connectivity index (χ0v) is 8.85. The van der Waals surface area contributed by atoms with Gasteiger partial charge in [-0.1, -0.05) is 42.5 Å². The fourth-order valence-corrected chi connectivity index (χ4v) is 1.83. The summed E-state index contributed by atoms with van der Waals surface area (Å²) in [5.41, 5.74) is 3.23. The van der Waals surface area contributed by atoms with Crippen LogP contribution in [0.15, 0.2) is 54.6 Å². The second kappa shape index (κ2) is 3.81. The number of fused-ring (bicyclic) bond motifs is 1. The van der Waals surface area contributed by atoms with Crippen LogP contribution in [-0.2, 0) is 0 Å². The normalized spacial score (nSPS) is 15.1. The standard InChI is InChI=1S/C14H12N2/c1-2-4-8-11(7-3-1)14-15-12-9-5-6-10-13(12)16-14/h1,3-10H,2H2,(H,15,16). The van der Waals surface area contributed by atoms with Crippen LogP contribution in [0.3, 0.4) is 0 Å². The first kappa shape index (κ1) is 9.16. The van der Waals surface area contributed by atoms with Crippen molar-refractivity contribution in [2.45, 2.75) is 6.42 Å². The van der Waals surface area contributed by atoms with Crippen LogP contribution in [0, 0.1) is 0 Å². The number of aromatic amines is 1. The molecule has 0 bridgehead atoms. The molecular weight excluding hydrogens is 196 g/mol. The molecule has 1 aromatic heterocycles.